The lowest BCUT2D eigenvalue weighted by molar-refractivity contribution is 0.0760. The van der Waals surface area contributed by atoms with Crippen molar-refractivity contribution < 1.29 is 13.6 Å². The summed E-state index contributed by atoms with van der Waals surface area (Å²) in [5.41, 5.74) is 1.58. The first-order chi connectivity index (χ1) is 12.0. The molecule has 1 aliphatic heterocycles. The van der Waals surface area contributed by atoms with Crippen LogP contribution in [-0.4, -0.2) is 46.9 Å². The van der Waals surface area contributed by atoms with Gasteiger partial charge in [0.15, 0.2) is 0 Å². The van der Waals surface area contributed by atoms with Crippen LogP contribution in [0.4, 0.5) is 8.78 Å². The number of hydrogen-bond acceptors (Lipinski definition) is 3. The third-order valence-corrected chi connectivity index (χ3v) is 4.25. The minimum Gasteiger partial charge on any atom is -0.353 e. The topological polar surface area (TPSA) is 63.1 Å². The molecule has 0 saturated carbocycles. The van der Waals surface area contributed by atoms with Gasteiger partial charge in [0.1, 0.15) is 23.4 Å². The van der Waals surface area contributed by atoms with Gasteiger partial charge in [0, 0.05) is 50.6 Å². The summed E-state index contributed by atoms with van der Waals surface area (Å²) in [6.45, 7) is 3.20. The van der Waals surface area contributed by atoms with Crippen LogP contribution in [0.25, 0.3) is 0 Å². The molecule has 1 amide bonds. The Morgan fingerprint density at radius 2 is 1.88 bits per heavy atom. The Bertz CT molecular complexity index is 791. The predicted molar refractivity (Wildman–Crippen MR) is 87.7 cm³/mol. The quantitative estimate of drug-likeness (QED) is 0.931. The zero-order chi connectivity index (χ0) is 17.8. The summed E-state index contributed by atoms with van der Waals surface area (Å²) in [7, 11) is 0. The maximum absolute atomic E-state index is 13.3. The molecule has 0 spiro atoms. The molecule has 1 aliphatic rings. The van der Waals surface area contributed by atoms with E-state index in [0.29, 0.717) is 31.9 Å². The number of halogens is 2. The van der Waals surface area contributed by atoms with Crippen LogP contribution in [0.5, 0.6) is 0 Å². The van der Waals surface area contributed by atoms with Crippen molar-refractivity contribution in [2.75, 3.05) is 26.2 Å². The Hall–Kier alpha value is -2.72. The smallest absolute Gasteiger partial charge is 0.254 e. The Morgan fingerprint density at radius 1 is 1.12 bits per heavy atom. The molecule has 3 rings (SSSR count). The third-order valence-electron chi connectivity index (χ3n) is 4.25. The summed E-state index contributed by atoms with van der Waals surface area (Å²) in [6.07, 6.45) is 2.58. The number of benzene rings is 1. The van der Waals surface area contributed by atoms with E-state index in [9.17, 15) is 13.6 Å². The van der Waals surface area contributed by atoms with E-state index in [1.54, 1.807) is 4.90 Å². The van der Waals surface area contributed by atoms with Gasteiger partial charge in [0.25, 0.3) is 5.91 Å². The number of hydrogen-bond donors (Lipinski definition) is 1. The first kappa shape index (κ1) is 17.1. The first-order valence-corrected chi connectivity index (χ1v) is 8.10. The normalized spacial score (nSPS) is 15.6. The molecule has 0 atom stereocenters. The second-order valence-corrected chi connectivity index (χ2v) is 6.11. The van der Waals surface area contributed by atoms with Gasteiger partial charge in [-0.1, -0.05) is 0 Å². The molecule has 0 radical (unpaired) electrons. The van der Waals surface area contributed by atoms with E-state index in [0.717, 1.165) is 36.7 Å². The van der Waals surface area contributed by atoms with Crippen LogP contribution in [0.3, 0.4) is 0 Å². The van der Waals surface area contributed by atoms with Crippen molar-refractivity contribution in [1.82, 2.24) is 14.8 Å². The highest BCUT2D eigenvalue weighted by Crippen LogP contribution is 2.14. The molecule has 1 aromatic carbocycles. The van der Waals surface area contributed by atoms with E-state index >= 15 is 0 Å². The second-order valence-electron chi connectivity index (χ2n) is 6.11. The van der Waals surface area contributed by atoms with Gasteiger partial charge in [-0.25, -0.2) is 8.78 Å². The standard InChI is InChI=1S/C18H18F2N4O/c19-15-7-14(8-16(20)9-15)18(25)24-3-1-2-23(4-5-24)12-13-6-17(10-21)22-11-13/h6-9,11,22H,1-5,12H2. The Labute approximate surface area is 144 Å². The van der Waals surface area contributed by atoms with E-state index < -0.39 is 11.6 Å². The Balaban J connectivity index is 1.62. The van der Waals surface area contributed by atoms with Crippen molar-refractivity contribution in [2.24, 2.45) is 0 Å². The molecular weight excluding hydrogens is 326 g/mol. The summed E-state index contributed by atoms with van der Waals surface area (Å²) in [6, 6.07) is 6.76. The third kappa shape index (κ3) is 4.22. The van der Waals surface area contributed by atoms with Crippen LogP contribution >= 0.6 is 0 Å². The number of nitrogens with one attached hydrogen (secondary N) is 1. The Morgan fingerprint density at radius 3 is 2.56 bits per heavy atom. The van der Waals surface area contributed by atoms with E-state index in [4.69, 9.17) is 5.26 Å². The van der Waals surface area contributed by atoms with Gasteiger partial charge in [-0.3, -0.25) is 9.69 Å². The summed E-state index contributed by atoms with van der Waals surface area (Å²) in [4.78, 5) is 19.2. The molecule has 1 aromatic heterocycles. The molecule has 1 fully saturated rings. The van der Waals surface area contributed by atoms with Gasteiger partial charge >= 0.3 is 0 Å². The molecule has 7 heteroatoms. The van der Waals surface area contributed by atoms with Gasteiger partial charge < -0.3 is 9.88 Å². The molecule has 0 unspecified atom stereocenters. The molecule has 1 saturated heterocycles. The van der Waals surface area contributed by atoms with E-state index in [1.165, 1.54) is 0 Å². The number of amides is 1. The fraction of sp³-hybridized carbons (Fsp3) is 0.333. The highest BCUT2D eigenvalue weighted by atomic mass is 19.1. The number of aromatic amines is 1. The van der Waals surface area contributed by atoms with Crippen molar-refractivity contribution >= 4 is 5.91 Å². The fourth-order valence-electron chi connectivity index (χ4n) is 3.05. The van der Waals surface area contributed by atoms with Gasteiger partial charge in [-0.15, -0.1) is 0 Å². The average molecular weight is 344 g/mol. The molecule has 0 bridgehead atoms. The van der Waals surface area contributed by atoms with Gasteiger partial charge in [-0.05, 0) is 30.2 Å². The van der Waals surface area contributed by atoms with Crippen molar-refractivity contribution in [1.29, 1.82) is 5.26 Å². The zero-order valence-corrected chi connectivity index (χ0v) is 13.6. The predicted octanol–water partition coefficient (Wildman–Crippen LogP) is 2.51. The van der Waals surface area contributed by atoms with Crippen molar-refractivity contribution in [2.45, 2.75) is 13.0 Å². The molecule has 0 aliphatic carbocycles. The molecule has 130 valence electrons. The number of carbonyl (C=O) groups excluding carboxylic acids is 1. The summed E-state index contributed by atoms with van der Waals surface area (Å²) in [5.74, 6) is -1.85. The van der Waals surface area contributed by atoms with Gasteiger partial charge in [0.2, 0.25) is 0 Å². The van der Waals surface area contributed by atoms with Crippen LogP contribution in [-0.2, 0) is 6.54 Å². The van der Waals surface area contributed by atoms with Crippen LogP contribution < -0.4 is 0 Å². The number of nitriles is 1. The Kier molecular flexibility index (Phi) is 5.10. The minimum atomic E-state index is -0.749. The SMILES string of the molecule is N#Cc1cc(CN2CCCN(C(=O)c3cc(F)cc(F)c3)CC2)c[nH]1. The van der Waals surface area contributed by atoms with E-state index in [-0.39, 0.29) is 11.5 Å². The summed E-state index contributed by atoms with van der Waals surface area (Å²) < 4.78 is 26.7. The van der Waals surface area contributed by atoms with Crippen molar-refractivity contribution in [3.8, 4) is 6.07 Å². The maximum Gasteiger partial charge on any atom is 0.254 e. The van der Waals surface area contributed by atoms with Gasteiger partial charge in [-0.2, -0.15) is 5.26 Å². The second kappa shape index (κ2) is 7.45. The van der Waals surface area contributed by atoms with Crippen LogP contribution in [0.1, 0.15) is 28.0 Å². The van der Waals surface area contributed by atoms with E-state index in [2.05, 4.69) is 16.0 Å². The lowest BCUT2D eigenvalue weighted by atomic mass is 10.2. The minimum absolute atomic E-state index is 0.0373. The number of H-pyrrole nitrogens is 1. The number of carbonyl (C=O) groups is 1. The largest absolute Gasteiger partial charge is 0.353 e. The van der Waals surface area contributed by atoms with Crippen LogP contribution in [0, 0.1) is 23.0 Å². The lowest BCUT2D eigenvalue weighted by Gasteiger charge is -2.22. The zero-order valence-electron chi connectivity index (χ0n) is 13.6. The fourth-order valence-corrected chi connectivity index (χ4v) is 3.05. The lowest BCUT2D eigenvalue weighted by Crippen LogP contribution is -2.35. The summed E-state index contributed by atoms with van der Waals surface area (Å²) >= 11 is 0. The molecular formula is C18H18F2N4O. The van der Waals surface area contributed by atoms with Crippen LogP contribution in [0.2, 0.25) is 0 Å². The van der Waals surface area contributed by atoms with Gasteiger partial charge in [0.05, 0.1) is 0 Å². The monoisotopic (exact) mass is 344 g/mol. The highest BCUT2D eigenvalue weighted by Gasteiger charge is 2.21. The highest BCUT2D eigenvalue weighted by molar-refractivity contribution is 5.94. The summed E-state index contributed by atoms with van der Waals surface area (Å²) in [5, 5.41) is 8.85. The molecule has 2 heterocycles. The number of aromatic nitrogens is 1. The van der Waals surface area contributed by atoms with Crippen molar-refractivity contribution in [3.63, 3.8) is 0 Å². The molecule has 25 heavy (non-hydrogen) atoms. The molecule has 1 N–H and O–H groups in total. The number of nitrogens with zero attached hydrogens (tertiary/aromatic N) is 3. The molecule has 2 aromatic rings. The maximum atomic E-state index is 13.3. The first-order valence-electron chi connectivity index (χ1n) is 8.10. The average Bonchev–Trinajstić information content (AvgIpc) is 2.90. The number of rotatable bonds is 3. The molecule has 5 nitrogen and oxygen atoms in total. The van der Waals surface area contributed by atoms with Crippen LogP contribution in [0.15, 0.2) is 30.5 Å². The van der Waals surface area contributed by atoms with E-state index in [1.807, 2.05) is 12.3 Å². The van der Waals surface area contributed by atoms with Crippen molar-refractivity contribution in [3.05, 3.63) is 58.9 Å².